The zero-order chi connectivity index (χ0) is 42.7. The van der Waals surface area contributed by atoms with Crippen LogP contribution in [0.5, 0.6) is 0 Å². The predicted molar refractivity (Wildman–Crippen MR) is 220 cm³/mol. The van der Waals surface area contributed by atoms with E-state index in [1.165, 1.54) is 11.8 Å². The minimum Gasteiger partial charge on any atom is -0.511 e. The van der Waals surface area contributed by atoms with Crippen LogP contribution >= 0.6 is 11.8 Å². The molecule has 0 aromatic carbocycles. The first-order chi connectivity index (χ1) is 28.6. The number of carbonyl (C=O) groups excluding carboxylic acids is 2. The number of nitrogens with zero attached hydrogens (tertiary/aromatic N) is 3. The molecular formula is C39H71N5O14S. The minimum atomic E-state index is -0.518. The summed E-state index contributed by atoms with van der Waals surface area (Å²) >= 11 is 1.32. The second kappa shape index (κ2) is 35.2. The van der Waals surface area contributed by atoms with Crippen molar-refractivity contribution in [1.82, 2.24) is 25.6 Å². The Labute approximate surface area is 354 Å². The van der Waals surface area contributed by atoms with Crippen LogP contribution in [0.15, 0.2) is 18.5 Å². The Balaban J connectivity index is 1.21. The average Bonchev–Trinajstić information content (AvgIpc) is 3.66. The SMILES string of the molecule is C=C(O)C1CSC(CC(=O)NCc2cn(CCOCCOCCOCCOCCOCCOCCOCCOCCOCCOCCOCCC(C)(C)C)nn2)C(=O)N1. The number of aliphatic hydroxyl groups excluding tert-OH is 1. The lowest BCUT2D eigenvalue weighted by molar-refractivity contribution is -0.126. The molecule has 2 amide bonds. The van der Waals surface area contributed by atoms with Crippen LogP contribution in [0.1, 0.15) is 39.3 Å². The number of amides is 2. The maximum atomic E-state index is 12.3. The molecule has 342 valence electrons. The molecule has 0 saturated carbocycles. The van der Waals surface area contributed by atoms with E-state index in [1.807, 2.05) is 0 Å². The minimum absolute atomic E-state index is 0.0303. The van der Waals surface area contributed by atoms with Gasteiger partial charge in [-0.2, -0.15) is 0 Å². The van der Waals surface area contributed by atoms with Gasteiger partial charge in [0.1, 0.15) is 11.5 Å². The summed E-state index contributed by atoms with van der Waals surface area (Å²) in [5, 5.41) is 22.5. The van der Waals surface area contributed by atoms with Gasteiger partial charge in [-0.25, -0.2) is 4.68 Å². The summed E-state index contributed by atoms with van der Waals surface area (Å²) in [4.78, 5) is 24.5. The summed E-state index contributed by atoms with van der Waals surface area (Å²) < 4.78 is 62.3. The summed E-state index contributed by atoms with van der Waals surface area (Å²) in [7, 11) is 0. The van der Waals surface area contributed by atoms with Gasteiger partial charge in [-0.1, -0.05) is 32.6 Å². The highest BCUT2D eigenvalue weighted by Gasteiger charge is 2.31. The fourth-order valence-electron chi connectivity index (χ4n) is 4.72. The average molecular weight is 866 g/mol. The number of ether oxygens (including phenoxy) is 11. The first-order valence-corrected chi connectivity index (χ1v) is 21.5. The molecule has 0 bridgehead atoms. The fourth-order valence-corrected chi connectivity index (χ4v) is 5.91. The van der Waals surface area contributed by atoms with E-state index in [2.05, 4.69) is 48.3 Å². The van der Waals surface area contributed by atoms with Crippen molar-refractivity contribution in [3.63, 3.8) is 0 Å². The highest BCUT2D eigenvalue weighted by Crippen LogP contribution is 2.23. The van der Waals surface area contributed by atoms with E-state index in [0.29, 0.717) is 162 Å². The Hall–Kier alpha value is -2.47. The van der Waals surface area contributed by atoms with E-state index in [1.54, 1.807) is 10.9 Å². The first kappa shape index (κ1) is 52.7. The number of carbonyl (C=O) groups is 2. The third-order valence-corrected chi connectivity index (χ3v) is 9.39. The van der Waals surface area contributed by atoms with Crippen LogP contribution in [0, 0.1) is 5.41 Å². The lowest BCUT2D eigenvalue weighted by Crippen LogP contribution is -2.48. The Morgan fingerprint density at radius 3 is 1.49 bits per heavy atom. The molecule has 2 unspecified atom stereocenters. The molecule has 1 aliphatic rings. The molecule has 0 radical (unpaired) electrons. The standard InChI is InChI=1S/C39H71N5O14S/c1-33(45)35-32-59-36(38(47)41-35)29-37(46)40-30-34-31-44(43-42-34)6-8-49-10-12-51-14-16-53-18-20-55-22-24-57-26-28-58-27-25-56-23-21-54-19-17-52-15-13-50-11-9-48-7-5-39(2,3)4/h31,35-36,45H,1,5-30,32H2,2-4H3,(H,40,46)(H,41,47). The van der Waals surface area contributed by atoms with Crippen molar-refractivity contribution in [3.05, 3.63) is 24.2 Å². The third kappa shape index (κ3) is 31.1. The van der Waals surface area contributed by atoms with Gasteiger partial charge in [-0.3, -0.25) is 9.59 Å². The molecule has 19 nitrogen and oxygen atoms in total. The molecule has 20 heteroatoms. The third-order valence-electron chi connectivity index (χ3n) is 8.08. The Morgan fingerprint density at radius 1 is 0.729 bits per heavy atom. The van der Waals surface area contributed by atoms with Crippen LogP contribution in [0.4, 0.5) is 0 Å². The normalized spacial score (nSPS) is 15.7. The molecule has 0 spiro atoms. The van der Waals surface area contributed by atoms with Gasteiger partial charge >= 0.3 is 0 Å². The summed E-state index contributed by atoms with van der Waals surface area (Å²) in [6.45, 7) is 21.9. The van der Waals surface area contributed by atoms with Gasteiger partial charge < -0.3 is 67.8 Å². The van der Waals surface area contributed by atoms with Crippen LogP contribution in [0.25, 0.3) is 0 Å². The predicted octanol–water partition coefficient (Wildman–Crippen LogP) is 1.58. The van der Waals surface area contributed by atoms with E-state index in [-0.39, 0.29) is 30.5 Å². The van der Waals surface area contributed by atoms with Crippen molar-refractivity contribution in [2.24, 2.45) is 5.41 Å². The zero-order valence-corrected chi connectivity index (χ0v) is 36.4. The largest absolute Gasteiger partial charge is 0.511 e. The molecule has 0 aliphatic carbocycles. The second-order valence-electron chi connectivity index (χ2n) is 14.4. The van der Waals surface area contributed by atoms with Gasteiger partial charge in [0.05, 0.1) is 169 Å². The Bertz CT molecular complexity index is 1210. The lowest BCUT2D eigenvalue weighted by Gasteiger charge is -2.27. The number of hydrogen-bond acceptors (Lipinski definition) is 17. The van der Waals surface area contributed by atoms with E-state index in [0.717, 1.165) is 13.0 Å². The lowest BCUT2D eigenvalue weighted by atomic mass is 9.93. The Kier molecular flexibility index (Phi) is 31.4. The molecule has 2 rings (SSSR count). The summed E-state index contributed by atoms with van der Waals surface area (Å²) in [5.41, 5.74) is 0.887. The molecule has 2 atom stereocenters. The van der Waals surface area contributed by atoms with Crippen LogP contribution in [-0.4, -0.2) is 194 Å². The van der Waals surface area contributed by atoms with Gasteiger partial charge in [0.2, 0.25) is 11.8 Å². The number of aliphatic hydroxyl groups is 1. The van der Waals surface area contributed by atoms with Gasteiger partial charge in [-0.05, 0) is 11.8 Å². The number of hydrogen-bond donors (Lipinski definition) is 3. The smallest absolute Gasteiger partial charge is 0.234 e. The highest BCUT2D eigenvalue weighted by atomic mass is 32.2. The number of aromatic nitrogens is 3. The molecule has 59 heavy (non-hydrogen) atoms. The van der Waals surface area contributed by atoms with Gasteiger partial charge in [0.25, 0.3) is 0 Å². The van der Waals surface area contributed by atoms with Crippen molar-refractivity contribution in [2.45, 2.75) is 58.0 Å². The van der Waals surface area contributed by atoms with E-state index in [9.17, 15) is 14.7 Å². The molecule has 1 fully saturated rings. The van der Waals surface area contributed by atoms with Crippen LogP contribution in [0.3, 0.4) is 0 Å². The number of nitrogens with one attached hydrogen (secondary N) is 2. The molecule has 1 aliphatic heterocycles. The first-order valence-electron chi connectivity index (χ1n) is 20.4. The van der Waals surface area contributed by atoms with E-state index < -0.39 is 11.3 Å². The van der Waals surface area contributed by atoms with Crippen molar-refractivity contribution >= 4 is 23.6 Å². The fraction of sp³-hybridized carbons (Fsp3) is 0.846. The maximum absolute atomic E-state index is 12.3. The second-order valence-corrected chi connectivity index (χ2v) is 15.6. The van der Waals surface area contributed by atoms with Gasteiger partial charge in [0.15, 0.2) is 0 Å². The maximum Gasteiger partial charge on any atom is 0.234 e. The highest BCUT2D eigenvalue weighted by molar-refractivity contribution is 8.00. The van der Waals surface area contributed by atoms with Gasteiger partial charge in [-0.15, -0.1) is 16.9 Å². The van der Waals surface area contributed by atoms with Crippen LogP contribution < -0.4 is 10.6 Å². The summed E-state index contributed by atoms with van der Waals surface area (Å²) in [6.07, 6.45) is 2.80. The van der Waals surface area contributed by atoms with Crippen molar-refractivity contribution in [2.75, 3.05) is 151 Å². The van der Waals surface area contributed by atoms with Crippen LogP contribution in [0.2, 0.25) is 0 Å². The van der Waals surface area contributed by atoms with Crippen molar-refractivity contribution in [1.29, 1.82) is 0 Å². The Morgan fingerprint density at radius 2 is 1.12 bits per heavy atom. The molecule has 1 aromatic rings. The van der Waals surface area contributed by atoms with Gasteiger partial charge in [0, 0.05) is 18.8 Å². The van der Waals surface area contributed by atoms with Crippen molar-refractivity contribution < 1.29 is 66.8 Å². The zero-order valence-electron chi connectivity index (χ0n) is 35.5. The summed E-state index contributed by atoms with van der Waals surface area (Å²) in [5.74, 6) is -0.192. The monoisotopic (exact) mass is 865 g/mol. The molecular weight excluding hydrogens is 795 g/mol. The quantitative estimate of drug-likeness (QED) is 0.0632. The molecule has 2 heterocycles. The molecule has 3 N–H and O–H groups in total. The van der Waals surface area contributed by atoms with E-state index in [4.69, 9.17) is 52.1 Å². The summed E-state index contributed by atoms with van der Waals surface area (Å²) in [6, 6.07) is -0.489. The van der Waals surface area contributed by atoms with Crippen LogP contribution in [-0.2, 0) is 74.8 Å². The molecule has 1 aromatic heterocycles. The number of thioether (sulfide) groups is 1. The topological polar surface area (TPSA) is 211 Å². The van der Waals surface area contributed by atoms with Crippen molar-refractivity contribution in [3.8, 4) is 0 Å². The molecule has 1 saturated heterocycles. The van der Waals surface area contributed by atoms with E-state index >= 15 is 0 Å². The number of rotatable bonds is 40.